The Morgan fingerprint density at radius 3 is 2.84 bits per heavy atom. The van der Waals surface area contributed by atoms with Gasteiger partial charge in [-0.25, -0.2) is 14.3 Å². The summed E-state index contributed by atoms with van der Waals surface area (Å²) in [7, 11) is 0. The molecule has 0 radical (unpaired) electrons. The molecular formula is C17H14N6O2. The molecular weight excluding hydrogens is 320 g/mol. The van der Waals surface area contributed by atoms with Crippen molar-refractivity contribution in [3.05, 3.63) is 64.7 Å². The van der Waals surface area contributed by atoms with Crippen LogP contribution in [0.15, 0.2) is 53.6 Å². The maximum Gasteiger partial charge on any atom is 0.280 e. The van der Waals surface area contributed by atoms with E-state index >= 15 is 0 Å². The first-order chi connectivity index (χ1) is 12.2. The normalized spacial score (nSPS) is 11.1. The standard InChI is InChI=1S/C17H14N6O2/c1-2-22-15-8-7-11(9-14(15)19-21-22)16(24)20-23-10-18-13-6-4-3-5-12(13)17(23)25/h3-10H,2H2,1H3,(H,20,24). The summed E-state index contributed by atoms with van der Waals surface area (Å²) < 4.78 is 2.83. The van der Waals surface area contributed by atoms with Gasteiger partial charge in [0.25, 0.3) is 11.5 Å². The lowest BCUT2D eigenvalue weighted by molar-refractivity contribution is 0.101. The molecule has 0 saturated heterocycles. The number of amides is 1. The van der Waals surface area contributed by atoms with Gasteiger partial charge in [-0.05, 0) is 37.3 Å². The number of aromatic nitrogens is 5. The van der Waals surface area contributed by atoms with Crippen LogP contribution in [-0.2, 0) is 6.54 Å². The predicted octanol–water partition coefficient (Wildman–Crippen LogP) is 1.54. The molecule has 8 nitrogen and oxygen atoms in total. The Morgan fingerprint density at radius 2 is 2.00 bits per heavy atom. The highest BCUT2D eigenvalue weighted by Gasteiger charge is 2.12. The van der Waals surface area contributed by atoms with Crippen molar-refractivity contribution in [2.45, 2.75) is 13.5 Å². The SMILES string of the molecule is CCn1nnc2cc(C(=O)Nn3cnc4ccccc4c3=O)ccc21. The van der Waals surface area contributed by atoms with Crippen LogP contribution in [0.4, 0.5) is 0 Å². The molecule has 0 fully saturated rings. The van der Waals surface area contributed by atoms with E-state index in [-0.39, 0.29) is 5.56 Å². The van der Waals surface area contributed by atoms with Crippen molar-refractivity contribution < 1.29 is 4.79 Å². The second kappa shape index (κ2) is 5.82. The van der Waals surface area contributed by atoms with E-state index in [1.54, 1.807) is 47.1 Å². The van der Waals surface area contributed by atoms with Gasteiger partial charge in [0, 0.05) is 12.1 Å². The monoisotopic (exact) mass is 334 g/mol. The third-order valence-corrected chi connectivity index (χ3v) is 3.96. The Labute approximate surface area is 141 Å². The van der Waals surface area contributed by atoms with E-state index in [0.29, 0.717) is 28.5 Å². The number of benzene rings is 2. The average Bonchev–Trinajstić information content (AvgIpc) is 3.06. The van der Waals surface area contributed by atoms with Crippen molar-refractivity contribution in [3.63, 3.8) is 0 Å². The molecule has 124 valence electrons. The van der Waals surface area contributed by atoms with Gasteiger partial charge in [-0.2, -0.15) is 0 Å². The summed E-state index contributed by atoms with van der Waals surface area (Å²) in [6.07, 6.45) is 1.30. The Morgan fingerprint density at radius 1 is 1.16 bits per heavy atom. The summed E-state index contributed by atoms with van der Waals surface area (Å²) >= 11 is 0. The summed E-state index contributed by atoms with van der Waals surface area (Å²) in [5, 5.41) is 8.50. The van der Waals surface area contributed by atoms with Gasteiger partial charge in [-0.15, -0.1) is 5.10 Å². The predicted molar refractivity (Wildman–Crippen MR) is 92.9 cm³/mol. The zero-order valence-electron chi connectivity index (χ0n) is 13.4. The summed E-state index contributed by atoms with van der Waals surface area (Å²) in [5.74, 6) is -0.424. The molecule has 2 heterocycles. The van der Waals surface area contributed by atoms with Gasteiger partial charge in [0.2, 0.25) is 0 Å². The zero-order valence-corrected chi connectivity index (χ0v) is 13.4. The van der Waals surface area contributed by atoms with Crippen LogP contribution < -0.4 is 11.0 Å². The Kier molecular flexibility index (Phi) is 3.50. The van der Waals surface area contributed by atoms with Crippen LogP contribution in [0.5, 0.6) is 0 Å². The molecule has 1 N–H and O–H groups in total. The molecule has 4 aromatic rings. The first kappa shape index (κ1) is 15.0. The highest BCUT2D eigenvalue weighted by Crippen LogP contribution is 2.13. The third-order valence-electron chi connectivity index (χ3n) is 3.96. The molecule has 0 bridgehead atoms. The maximum absolute atomic E-state index is 12.5. The third kappa shape index (κ3) is 2.53. The number of nitrogens with zero attached hydrogens (tertiary/aromatic N) is 5. The fraction of sp³-hybridized carbons (Fsp3) is 0.118. The molecule has 4 rings (SSSR count). The lowest BCUT2D eigenvalue weighted by atomic mass is 10.2. The number of nitrogens with one attached hydrogen (secondary N) is 1. The van der Waals surface area contributed by atoms with Gasteiger partial charge in [0.1, 0.15) is 11.8 Å². The van der Waals surface area contributed by atoms with E-state index in [1.165, 1.54) is 6.33 Å². The number of aryl methyl sites for hydroxylation is 1. The van der Waals surface area contributed by atoms with Gasteiger partial charge < -0.3 is 0 Å². The van der Waals surface area contributed by atoms with Crippen LogP contribution in [-0.4, -0.2) is 30.6 Å². The number of hydrogen-bond acceptors (Lipinski definition) is 5. The minimum absolute atomic E-state index is 0.336. The Balaban J connectivity index is 1.68. The van der Waals surface area contributed by atoms with Crippen molar-refractivity contribution in [2.24, 2.45) is 0 Å². The number of carbonyl (C=O) groups excluding carboxylic acids is 1. The second-order valence-corrected chi connectivity index (χ2v) is 5.49. The highest BCUT2D eigenvalue weighted by atomic mass is 16.2. The number of fused-ring (bicyclic) bond motifs is 2. The van der Waals surface area contributed by atoms with Crippen LogP contribution >= 0.6 is 0 Å². The van der Waals surface area contributed by atoms with Crippen molar-refractivity contribution >= 4 is 27.8 Å². The van der Waals surface area contributed by atoms with E-state index in [0.717, 1.165) is 10.2 Å². The summed E-state index contributed by atoms with van der Waals surface area (Å²) in [5.41, 5.74) is 4.65. The van der Waals surface area contributed by atoms with E-state index in [1.807, 2.05) is 6.92 Å². The number of hydrogen-bond donors (Lipinski definition) is 1. The largest absolute Gasteiger partial charge is 0.280 e. The van der Waals surface area contributed by atoms with Crippen molar-refractivity contribution in [2.75, 3.05) is 5.43 Å². The van der Waals surface area contributed by atoms with Crippen LogP contribution in [0.1, 0.15) is 17.3 Å². The number of para-hydroxylation sites is 1. The van der Waals surface area contributed by atoms with Crippen molar-refractivity contribution in [1.29, 1.82) is 0 Å². The zero-order chi connectivity index (χ0) is 17.4. The van der Waals surface area contributed by atoms with E-state index in [4.69, 9.17) is 0 Å². The molecule has 0 aliphatic carbocycles. The minimum atomic E-state index is -0.424. The van der Waals surface area contributed by atoms with Gasteiger partial charge in [-0.1, -0.05) is 17.3 Å². The second-order valence-electron chi connectivity index (χ2n) is 5.49. The van der Waals surface area contributed by atoms with Crippen LogP contribution in [0.2, 0.25) is 0 Å². The quantitative estimate of drug-likeness (QED) is 0.613. The van der Waals surface area contributed by atoms with E-state index < -0.39 is 5.91 Å². The molecule has 25 heavy (non-hydrogen) atoms. The van der Waals surface area contributed by atoms with Crippen LogP contribution in [0, 0.1) is 0 Å². The van der Waals surface area contributed by atoms with E-state index in [9.17, 15) is 9.59 Å². The molecule has 0 unspecified atom stereocenters. The highest BCUT2D eigenvalue weighted by molar-refractivity contribution is 6.02. The Hall–Kier alpha value is -3.55. The van der Waals surface area contributed by atoms with E-state index in [2.05, 4.69) is 20.7 Å². The summed E-state index contributed by atoms with van der Waals surface area (Å²) in [6.45, 7) is 2.66. The van der Waals surface area contributed by atoms with Gasteiger partial charge in [-0.3, -0.25) is 15.0 Å². The molecule has 8 heteroatoms. The first-order valence-electron chi connectivity index (χ1n) is 7.78. The lowest BCUT2D eigenvalue weighted by Crippen LogP contribution is -2.33. The molecule has 0 aliphatic heterocycles. The van der Waals surface area contributed by atoms with Crippen LogP contribution in [0.3, 0.4) is 0 Å². The maximum atomic E-state index is 12.5. The molecule has 0 aliphatic rings. The smallest absolute Gasteiger partial charge is 0.267 e. The molecule has 0 saturated carbocycles. The fourth-order valence-electron chi connectivity index (χ4n) is 2.67. The molecule has 1 amide bonds. The molecule has 2 aromatic heterocycles. The Bertz CT molecular complexity index is 1160. The first-order valence-corrected chi connectivity index (χ1v) is 7.78. The number of carbonyl (C=O) groups is 1. The van der Waals surface area contributed by atoms with Gasteiger partial charge in [0.05, 0.1) is 16.4 Å². The van der Waals surface area contributed by atoms with Crippen LogP contribution in [0.25, 0.3) is 21.9 Å². The minimum Gasteiger partial charge on any atom is -0.267 e. The molecule has 2 aromatic carbocycles. The van der Waals surface area contributed by atoms with Crippen molar-refractivity contribution in [3.8, 4) is 0 Å². The van der Waals surface area contributed by atoms with Gasteiger partial charge >= 0.3 is 0 Å². The average molecular weight is 334 g/mol. The molecule has 0 spiro atoms. The summed E-state index contributed by atoms with van der Waals surface area (Å²) in [4.78, 5) is 29.1. The van der Waals surface area contributed by atoms with Gasteiger partial charge in [0.15, 0.2) is 0 Å². The van der Waals surface area contributed by atoms with Crippen molar-refractivity contribution in [1.82, 2.24) is 24.7 Å². The molecule has 0 atom stereocenters. The topological polar surface area (TPSA) is 94.7 Å². The number of rotatable bonds is 3. The fourth-order valence-corrected chi connectivity index (χ4v) is 2.67. The lowest BCUT2D eigenvalue weighted by Gasteiger charge is -2.08. The summed E-state index contributed by atoms with van der Waals surface area (Å²) in [6, 6.07) is 12.1.